The lowest BCUT2D eigenvalue weighted by Gasteiger charge is -2.63. The van der Waals surface area contributed by atoms with Crippen LogP contribution >= 0.6 is 0 Å². The molecule has 3 unspecified atom stereocenters. The van der Waals surface area contributed by atoms with Crippen LogP contribution in [0.4, 0.5) is 0 Å². The third kappa shape index (κ3) is 3.91. The molecule has 5 aliphatic carbocycles. The molecule has 43 heavy (non-hydrogen) atoms. The van der Waals surface area contributed by atoms with E-state index in [9.17, 15) is 19.2 Å². The second-order valence-corrected chi connectivity index (χ2v) is 15.8. The minimum absolute atomic E-state index is 0.0860. The minimum Gasteiger partial charge on any atom is -0.469 e. The molecule has 6 rings (SSSR count). The number of hydrogen-bond acceptors (Lipinski definition) is 9. The fourth-order valence-corrected chi connectivity index (χ4v) is 12.6. The Labute approximate surface area is 255 Å². The average Bonchev–Trinajstić information content (AvgIpc) is 3.42. The molecule has 0 amide bonds. The smallest absolute Gasteiger partial charge is 0.305 e. The molecule has 6 aliphatic rings. The van der Waals surface area contributed by atoms with Crippen molar-refractivity contribution in [2.24, 2.45) is 44.8 Å². The summed E-state index contributed by atoms with van der Waals surface area (Å²) < 4.78 is 30.0. The van der Waals surface area contributed by atoms with Gasteiger partial charge in [-0.1, -0.05) is 20.8 Å². The Hall–Kier alpha value is -2.16. The number of hydrogen-bond donors (Lipinski definition) is 0. The number of carbonyl (C=O) groups excluding carboxylic acids is 4. The monoisotopic (exact) mass is 602 g/mol. The Morgan fingerprint density at radius 3 is 2.00 bits per heavy atom. The number of carbonyl (C=O) groups is 4. The number of rotatable bonds is 6. The molecular formula is C34H50O9. The summed E-state index contributed by atoms with van der Waals surface area (Å²) in [7, 11) is 1.39. The molecule has 1 aliphatic heterocycles. The summed E-state index contributed by atoms with van der Waals surface area (Å²) in [6.07, 6.45) is 6.19. The molecule has 1 saturated heterocycles. The summed E-state index contributed by atoms with van der Waals surface area (Å²) in [4.78, 5) is 49.7. The molecule has 6 fully saturated rings. The zero-order valence-electron chi connectivity index (χ0n) is 27.2. The van der Waals surface area contributed by atoms with Crippen LogP contribution in [0.25, 0.3) is 0 Å². The second-order valence-electron chi connectivity index (χ2n) is 15.8. The van der Waals surface area contributed by atoms with Crippen molar-refractivity contribution in [3.05, 3.63) is 0 Å². The molecular weight excluding hydrogens is 552 g/mol. The maximum atomic E-state index is 12.8. The first kappa shape index (κ1) is 30.8. The van der Waals surface area contributed by atoms with Crippen LogP contribution in [0.15, 0.2) is 0 Å². The van der Waals surface area contributed by atoms with Crippen molar-refractivity contribution in [2.45, 2.75) is 130 Å². The van der Waals surface area contributed by atoms with Gasteiger partial charge in [0.2, 0.25) is 0 Å². The van der Waals surface area contributed by atoms with Crippen LogP contribution in [-0.4, -0.2) is 61.5 Å². The molecule has 11 atom stereocenters. The summed E-state index contributed by atoms with van der Waals surface area (Å²) in [5.74, 6) is -0.847. The zero-order valence-corrected chi connectivity index (χ0v) is 27.2. The molecule has 1 heterocycles. The van der Waals surface area contributed by atoms with Crippen LogP contribution in [0, 0.1) is 44.8 Å². The van der Waals surface area contributed by atoms with Crippen LogP contribution in [0.5, 0.6) is 0 Å². The van der Waals surface area contributed by atoms with Gasteiger partial charge >= 0.3 is 23.9 Å². The van der Waals surface area contributed by atoms with Crippen molar-refractivity contribution in [1.82, 2.24) is 0 Å². The van der Waals surface area contributed by atoms with Crippen molar-refractivity contribution < 1.29 is 42.9 Å². The first-order chi connectivity index (χ1) is 20.0. The molecule has 0 radical (unpaired) electrons. The van der Waals surface area contributed by atoms with E-state index in [2.05, 4.69) is 20.8 Å². The van der Waals surface area contributed by atoms with Crippen LogP contribution in [0.1, 0.15) is 106 Å². The molecule has 0 aromatic carbocycles. The van der Waals surface area contributed by atoms with Crippen molar-refractivity contribution >= 4 is 23.9 Å². The van der Waals surface area contributed by atoms with E-state index in [4.69, 9.17) is 23.7 Å². The fourth-order valence-electron chi connectivity index (χ4n) is 12.6. The summed E-state index contributed by atoms with van der Waals surface area (Å²) in [6.45, 7) is 13.7. The maximum Gasteiger partial charge on any atom is 0.305 e. The lowest BCUT2D eigenvalue weighted by molar-refractivity contribution is -0.207. The van der Waals surface area contributed by atoms with Crippen molar-refractivity contribution in [3.8, 4) is 0 Å². The van der Waals surface area contributed by atoms with E-state index in [1.165, 1.54) is 27.9 Å². The third-order valence-electron chi connectivity index (χ3n) is 14.1. The molecule has 0 N–H and O–H groups in total. The molecule has 0 aromatic heterocycles. The van der Waals surface area contributed by atoms with Gasteiger partial charge in [-0.05, 0) is 81.0 Å². The van der Waals surface area contributed by atoms with E-state index in [-0.39, 0.29) is 63.9 Å². The minimum atomic E-state index is -0.752. The van der Waals surface area contributed by atoms with E-state index in [0.717, 1.165) is 44.9 Å². The second kappa shape index (κ2) is 9.67. The van der Waals surface area contributed by atoms with Crippen LogP contribution in [0.3, 0.4) is 0 Å². The highest BCUT2D eigenvalue weighted by molar-refractivity contribution is 5.69. The van der Waals surface area contributed by atoms with E-state index in [1.807, 2.05) is 6.92 Å². The highest BCUT2D eigenvalue weighted by atomic mass is 16.6. The van der Waals surface area contributed by atoms with Crippen molar-refractivity contribution in [3.63, 3.8) is 0 Å². The lowest BCUT2D eigenvalue weighted by atomic mass is 9.41. The Kier molecular flexibility index (Phi) is 6.94. The predicted octanol–water partition coefficient (Wildman–Crippen LogP) is 5.16. The summed E-state index contributed by atoms with van der Waals surface area (Å²) in [5, 5.41) is 0. The Balaban J connectivity index is 1.43. The van der Waals surface area contributed by atoms with Gasteiger partial charge in [-0.15, -0.1) is 0 Å². The Bertz CT molecular complexity index is 1230. The van der Waals surface area contributed by atoms with Gasteiger partial charge in [-0.2, -0.15) is 0 Å². The van der Waals surface area contributed by atoms with Gasteiger partial charge in [0.15, 0.2) is 0 Å². The van der Waals surface area contributed by atoms with Gasteiger partial charge in [0, 0.05) is 49.4 Å². The number of methoxy groups -OCH3 is 1. The number of esters is 4. The van der Waals surface area contributed by atoms with Crippen LogP contribution < -0.4 is 0 Å². The van der Waals surface area contributed by atoms with Gasteiger partial charge in [-0.3, -0.25) is 19.2 Å². The average molecular weight is 603 g/mol. The van der Waals surface area contributed by atoms with Gasteiger partial charge < -0.3 is 23.7 Å². The Morgan fingerprint density at radius 2 is 1.37 bits per heavy atom. The zero-order chi connectivity index (χ0) is 31.4. The SMILES string of the molecule is COC(=O)CCC1(C)OC[C@]23CC[C@@]45C[C@@]46CC[C@H](OC(C)=O)C(C)(C)C6CCC5[C@]2(C)[C@H](OC(C)=O)[C@H](OC(C)=O)[C@H]13. The third-order valence-corrected chi connectivity index (χ3v) is 14.1. The van der Waals surface area contributed by atoms with Crippen molar-refractivity contribution in [2.75, 3.05) is 13.7 Å². The van der Waals surface area contributed by atoms with Gasteiger partial charge in [0.1, 0.15) is 18.3 Å². The standard InChI is InChI=1S/C34H50O9/c1-19(35)41-24-11-14-32-17-33(32)15-16-34-18-40-30(6,13-12-25(38)39-8)27(34)26(42-20(2)36)28(43-21(3)37)31(34,7)23(33)10-9-22(32)29(24,4)5/h22-24,26-28H,9-18H2,1-8H3/t22?,23?,24-,26+,27+,28+,30?,31+,32+,33-,34-/m0/s1. The van der Waals surface area contributed by atoms with Gasteiger partial charge in [0.05, 0.1) is 19.3 Å². The fraction of sp³-hybridized carbons (Fsp3) is 0.882. The normalized spacial score (nSPS) is 48.4. The maximum absolute atomic E-state index is 12.8. The summed E-state index contributed by atoms with van der Waals surface area (Å²) in [5.41, 5.74) is -1.51. The van der Waals surface area contributed by atoms with Gasteiger partial charge in [0.25, 0.3) is 0 Å². The summed E-state index contributed by atoms with van der Waals surface area (Å²) in [6, 6.07) is 0. The van der Waals surface area contributed by atoms with E-state index in [0.29, 0.717) is 18.9 Å². The highest BCUT2D eigenvalue weighted by Crippen LogP contribution is 2.90. The van der Waals surface area contributed by atoms with Crippen LogP contribution in [-0.2, 0) is 42.9 Å². The van der Waals surface area contributed by atoms with Crippen LogP contribution in [0.2, 0.25) is 0 Å². The van der Waals surface area contributed by atoms with E-state index >= 15 is 0 Å². The first-order valence-corrected chi connectivity index (χ1v) is 16.3. The van der Waals surface area contributed by atoms with E-state index < -0.39 is 29.2 Å². The molecule has 0 aromatic rings. The molecule has 5 saturated carbocycles. The topological polar surface area (TPSA) is 114 Å². The molecule has 0 bridgehead atoms. The molecule has 240 valence electrons. The molecule has 3 spiro atoms. The summed E-state index contributed by atoms with van der Waals surface area (Å²) >= 11 is 0. The highest BCUT2D eigenvalue weighted by Gasteiger charge is 2.87. The molecule has 9 nitrogen and oxygen atoms in total. The Morgan fingerprint density at radius 1 is 0.767 bits per heavy atom. The first-order valence-electron chi connectivity index (χ1n) is 16.3. The lowest BCUT2D eigenvalue weighted by Crippen LogP contribution is -2.61. The molecule has 9 heteroatoms. The van der Waals surface area contributed by atoms with E-state index in [1.54, 1.807) is 0 Å². The quantitative estimate of drug-likeness (QED) is 0.300. The number of fused-ring (bicyclic) bond motifs is 1. The largest absolute Gasteiger partial charge is 0.469 e. The number of ether oxygens (including phenoxy) is 5. The predicted molar refractivity (Wildman–Crippen MR) is 154 cm³/mol. The van der Waals surface area contributed by atoms with Crippen molar-refractivity contribution in [1.29, 1.82) is 0 Å². The van der Waals surface area contributed by atoms with Gasteiger partial charge in [-0.25, -0.2) is 0 Å².